The first-order valence-electron chi connectivity index (χ1n) is 10.7. The fourth-order valence-electron chi connectivity index (χ4n) is 3.73. The summed E-state index contributed by atoms with van der Waals surface area (Å²) in [4.78, 5) is 27.8. The summed E-state index contributed by atoms with van der Waals surface area (Å²) < 4.78 is 0.974. The third-order valence-electron chi connectivity index (χ3n) is 5.63. The van der Waals surface area contributed by atoms with Crippen LogP contribution in [0.25, 0.3) is 0 Å². The summed E-state index contributed by atoms with van der Waals surface area (Å²) in [5.41, 5.74) is 1.91. The van der Waals surface area contributed by atoms with Gasteiger partial charge < -0.3 is 10.2 Å². The van der Waals surface area contributed by atoms with Gasteiger partial charge in [0.05, 0.1) is 5.75 Å². The Morgan fingerprint density at radius 2 is 1.84 bits per heavy atom. The summed E-state index contributed by atoms with van der Waals surface area (Å²) in [6.45, 7) is 2.19. The van der Waals surface area contributed by atoms with Crippen molar-refractivity contribution in [2.75, 3.05) is 5.75 Å². The van der Waals surface area contributed by atoms with Crippen LogP contribution in [-0.4, -0.2) is 34.6 Å². The second-order valence-corrected chi connectivity index (χ2v) is 10.8. The van der Waals surface area contributed by atoms with Gasteiger partial charge in [0.2, 0.25) is 11.8 Å². The van der Waals surface area contributed by atoms with E-state index in [0.717, 1.165) is 41.3 Å². The zero-order valence-electron chi connectivity index (χ0n) is 18.0. The quantitative estimate of drug-likeness (QED) is 0.384. The van der Waals surface area contributed by atoms with E-state index in [9.17, 15) is 9.59 Å². The van der Waals surface area contributed by atoms with Crippen molar-refractivity contribution in [2.45, 2.75) is 57.0 Å². The topological polar surface area (TPSA) is 49.4 Å². The highest BCUT2D eigenvalue weighted by Gasteiger charge is 2.28. The smallest absolute Gasteiger partial charge is 0.242 e. The molecule has 0 bridgehead atoms. The van der Waals surface area contributed by atoms with Crippen LogP contribution < -0.4 is 5.32 Å². The number of halogens is 3. The van der Waals surface area contributed by atoms with Crippen LogP contribution in [0.5, 0.6) is 0 Å². The van der Waals surface area contributed by atoms with Crippen molar-refractivity contribution in [2.24, 2.45) is 0 Å². The highest BCUT2D eigenvalue weighted by Crippen LogP contribution is 2.25. The molecule has 1 aliphatic rings. The largest absolute Gasteiger partial charge is 0.352 e. The lowest BCUT2D eigenvalue weighted by Crippen LogP contribution is -2.50. The van der Waals surface area contributed by atoms with Gasteiger partial charge in [-0.2, -0.15) is 0 Å². The van der Waals surface area contributed by atoms with Crippen LogP contribution in [0.3, 0.4) is 0 Å². The molecule has 0 radical (unpaired) electrons. The van der Waals surface area contributed by atoms with Gasteiger partial charge in [-0.05, 0) is 55.2 Å². The van der Waals surface area contributed by atoms with Crippen molar-refractivity contribution in [1.82, 2.24) is 10.2 Å². The molecule has 0 spiro atoms. The van der Waals surface area contributed by atoms with Crippen LogP contribution in [0.15, 0.2) is 46.9 Å². The summed E-state index contributed by atoms with van der Waals surface area (Å²) in [5, 5.41) is 4.30. The Morgan fingerprint density at radius 1 is 1.16 bits per heavy atom. The third-order valence-corrected chi connectivity index (χ3v) is 7.72. The van der Waals surface area contributed by atoms with Crippen molar-refractivity contribution in [3.63, 3.8) is 0 Å². The third kappa shape index (κ3) is 7.41. The number of carbonyl (C=O) groups excluding carboxylic acids is 2. The lowest BCUT2D eigenvalue weighted by Gasteiger charge is -2.29. The van der Waals surface area contributed by atoms with Crippen molar-refractivity contribution < 1.29 is 9.59 Å². The second-order valence-electron chi connectivity index (χ2n) is 8.04. The van der Waals surface area contributed by atoms with Crippen molar-refractivity contribution in [3.05, 3.63) is 68.1 Å². The fourth-order valence-corrected chi connectivity index (χ4v) is 5.46. The van der Waals surface area contributed by atoms with Crippen LogP contribution in [0.4, 0.5) is 0 Å². The Labute approximate surface area is 212 Å². The van der Waals surface area contributed by atoms with E-state index in [1.165, 1.54) is 11.8 Å². The first-order chi connectivity index (χ1) is 15.3. The van der Waals surface area contributed by atoms with Gasteiger partial charge in [0.15, 0.2) is 0 Å². The van der Waals surface area contributed by atoms with E-state index in [-0.39, 0.29) is 23.6 Å². The van der Waals surface area contributed by atoms with E-state index in [1.807, 2.05) is 37.3 Å². The Hall–Kier alpha value is -1.21. The minimum Gasteiger partial charge on any atom is -0.352 e. The number of hydrogen-bond donors (Lipinski definition) is 1. The zero-order valence-corrected chi connectivity index (χ0v) is 21.9. The molecule has 0 aliphatic heterocycles. The maximum atomic E-state index is 13.2. The van der Waals surface area contributed by atoms with Gasteiger partial charge in [-0.1, -0.05) is 70.2 Å². The molecule has 32 heavy (non-hydrogen) atoms. The van der Waals surface area contributed by atoms with Gasteiger partial charge in [-0.3, -0.25) is 9.59 Å². The number of thioether (sulfide) groups is 1. The van der Waals surface area contributed by atoms with E-state index >= 15 is 0 Å². The minimum absolute atomic E-state index is 0.0722. The lowest BCUT2D eigenvalue weighted by atomic mass is 10.1. The second kappa shape index (κ2) is 12.3. The standard InChI is InChI=1S/C24H27BrCl2N2O2S/c1-16(24(31)28-21-4-2-3-5-21)29(13-17-6-9-19(25)10-7-17)23(30)15-32-14-18-8-11-20(26)12-22(18)27/h6-12,16,21H,2-5,13-15H2,1H3,(H,28,31)/t16-/m1/s1. The summed E-state index contributed by atoms with van der Waals surface area (Å²) in [5.74, 6) is 0.692. The maximum Gasteiger partial charge on any atom is 0.242 e. The van der Waals surface area contributed by atoms with Gasteiger partial charge in [-0.15, -0.1) is 11.8 Å². The molecule has 0 heterocycles. The molecule has 0 saturated heterocycles. The van der Waals surface area contributed by atoms with Crippen LogP contribution in [0.1, 0.15) is 43.7 Å². The van der Waals surface area contributed by atoms with Gasteiger partial charge >= 0.3 is 0 Å². The summed E-state index contributed by atoms with van der Waals surface area (Å²) >= 11 is 17.1. The predicted molar refractivity (Wildman–Crippen MR) is 137 cm³/mol. The van der Waals surface area contributed by atoms with Gasteiger partial charge in [0.25, 0.3) is 0 Å². The monoisotopic (exact) mass is 556 g/mol. The molecule has 172 valence electrons. The molecular formula is C24H27BrCl2N2O2S. The highest BCUT2D eigenvalue weighted by molar-refractivity contribution is 9.10. The first-order valence-corrected chi connectivity index (χ1v) is 13.4. The Kier molecular flexibility index (Phi) is 9.77. The van der Waals surface area contributed by atoms with Crippen molar-refractivity contribution >= 4 is 62.7 Å². The van der Waals surface area contributed by atoms with Gasteiger partial charge in [0, 0.05) is 32.9 Å². The highest BCUT2D eigenvalue weighted by atomic mass is 79.9. The first kappa shape index (κ1) is 25.4. The van der Waals surface area contributed by atoms with Crippen molar-refractivity contribution in [1.29, 1.82) is 0 Å². The van der Waals surface area contributed by atoms with E-state index in [4.69, 9.17) is 23.2 Å². The van der Waals surface area contributed by atoms with E-state index < -0.39 is 6.04 Å². The molecule has 0 aromatic heterocycles. The molecule has 1 saturated carbocycles. The predicted octanol–water partition coefficient (Wildman–Crippen LogP) is 6.47. The van der Waals surface area contributed by atoms with Crippen LogP contribution in [-0.2, 0) is 21.9 Å². The molecule has 2 aromatic carbocycles. The van der Waals surface area contributed by atoms with Gasteiger partial charge in [0.1, 0.15) is 6.04 Å². The van der Waals surface area contributed by atoms with Crippen LogP contribution >= 0.6 is 50.9 Å². The average Bonchev–Trinajstić information content (AvgIpc) is 3.27. The number of nitrogens with zero attached hydrogens (tertiary/aromatic N) is 1. The zero-order chi connectivity index (χ0) is 23.1. The Balaban J connectivity index is 1.66. The maximum absolute atomic E-state index is 13.2. The Morgan fingerprint density at radius 3 is 2.50 bits per heavy atom. The van der Waals surface area contributed by atoms with Gasteiger partial charge in [-0.25, -0.2) is 0 Å². The normalized spacial score (nSPS) is 14.9. The number of hydrogen-bond acceptors (Lipinski definition) is 3. The Bertz CT molecular complexity index is 936. The number of nitrogens with one attached hydrogen (secondary N) is 1. The molecule has 8 heteroatoms. The summed E-state index contributed by atoms with van der Waals surface area (Å²) in [7, 11) is 0. The molecular weight excluding hydrogens is 531 g/mol. The van der Waals surface area contributed by atoms with E-state index in [0.29, 0.717) is 22.3 Å². The molecule has 2 amide bonds. The summed E-state index contributed by atoms with van der Waals surface area (Å²) in [6.07, 6.45) is 4.31. The van der Waals surface area contributed by atoms with Crippen molar-refractivity contribution in [3.8, 4) is 0 Å². The van der Waals surface area contributed by atoms with E-state index in [2.05, 4.69) is 21.2 Å². The van der Waals surface area contributed by atoms with Crippen LogP contribution in [0, 0.1) is 0 Å². The molecule has 1 atom stereocenters. The molecule has 1 aliphatic carbocycles. The number of carbonyl (C=O) groups is 2. The fraction of sp³-hybridized carbons (Fsp3) is 0.417. The number of rotatable bonds is 9. The number of amides is 2. The van der Waals surface area contributed by atoms with Crippen LogP contribution in [0.2, 0.25) is 10.0 Å². The SMILES string of the molecule is C[C@H](C(=O)NC1CCCC1)N(Cc1ccc(Br)cc1)C(=O)CSCc1ccc(Cl)cc1Cl. The molecule has 3 rings (SSSR count). The molecule has 4 nitrogen and oxygen atoms in total. The number of benzene rings is 2. The van der Waals surface area contributed by atoms with E-state index in [1.54, 1.807) is 17.0 Å². The molecule has 1 fully saturated rings. The molecule has 0 unspecified atom stereocenters. The average molecular weight is 558 g/mol. The lowest BCUT2D eigenvalue weighted by molar-refractivity contribution is -0.138. The molecule has 2 aromatic rings. The summed E-state index contributed by atoms with van der Waals surface area (Å²) in [6, 6.07) is 12.9. The molecule has 1 N–H and O–H groups in total. The minimum atomic E-state index is -0.550.